The molecule has 0 aliphatic heterocycles. The van der Waals surface area contributed by atoms with Crippen molar-refractivity contribution in [3.8, 4) is 11.5 Å². The molecular weight excluding hydrogens is 799 g/mol. The van der Waals surface area contributed by atoms with Crippen molar-refractivity contribution in [2.24, 2.45) is 10.2 Å². The normalized spacial score (nSPS) is 11.5. The van der Waals surface area contributed by atoms with Crippen LogP contribution in [0.3, 0.4) is 0 Å². The van der Waals surface area contributed by atoms with Gasteiger partial charge in [0, 0.05) is 26.9 Å². The molecule has 23 heteroatoms. The average molecular weight is 819 g/mol. The number of hydrogen-bond donors (Lipinski definition) is 7. The van der Waals surface area contributed by atoms with Gasteiger partial charge >= 0.3 is 0 Å². The quantitative estimate of drug-likeness (QED) is 0.0167. The Morgan fingerprint density at radius 2 is 1.43 bits per heavy atom. The lowest BCUT2D eigenvalue weighted by Crippen LogP contribution is -2.15. The summed E-state index contributed by atoms with van der Waals surface area (Å²) in [6.45, 7) is 0. The van der Waals surface area contributed by atoms with Crippen LogP contribution in [-0.2, 0) is 28.1 Å². The Kier molecular flexibility index (Phi) is 12.9. The lowest BCUT2D eigenvalue weighted by atomic mass is 10.1. The lowest BCUT2D eigenvalue weighted by Gasteiger charge is -2.13. The van der Waals surface area contributed by atoms with Gasteiger partial charge in [-0.3, -0.25) is 10.1 Å². The Bertz CT molecular complexity index is 2370. The number of aromatic hydroxyl groups is 2. The number of carbonyl (C=O) groups is 1. The minimum Gasteiger partial charge on any atom is -0.505 e. The predicted molar refractivity (Wildman–Crippen MR) is 192 cm³/mol. The molecule has 18 nitrogen and oxygen atoms in total. The van der Waals surface area contributed by atoms with Crippen LogP contribution in [0.5, 0.6) is 11.5 Å². The van der Waals surface area contributed by atoms with Crippen LogP contribution in [0.15, 0.2) is 104 Å². The van der Waals surface area contributed by atoms with Gasteiger partial charge in [-0.1, -0.05) is 57.0 Å². The highest BCUT2D eigenvalue weighted by Gasteiger charge is 2.20. The first kappa shape index (κ1) is 38.8. The van der Waals surface area contributed by atoms with Crippen molar-refractivity contribution >= 4 is 104 Å². The highest BCUT2D eigenvalue weighted by Crippen LogP contribution is 2.48. The second-order valence-corrected chi connectivity index (χ2v) is 12.9. The first-order valence-electron chi connectivity index (χ1n) is 14.5. The molecule has 0 aliphatic carbocycles. The number of nitrogens with one attached hydrogen (secondary N) is 2. The first-order valence-corrected chi connectivity index (χ1v) is 17.1. The number of carbonyl (C=O) groups excluding carboxylic acids is 1. The van der Waals surface area contributed by atoms with Crippen molar-refractivity contribution in [2.75, 3.05) is 10.6 Å². The molecule has 0 saturated carbocycles. The summed E-state index contributed by atoms with van der Waals surface area (Å²) in [5.74, 6) is -3.22. The van der Waals surface area contributed by atoms with Crippen LogP contribution in [-0.4, -0.2) is 41.9 Å². The number of amides is 1. The monoisotopic (exact) mass is 818 g/mol. The number of fused-ring (bicyclic) bond motifs is 2. The van der Waals surface area contributed by atoms with Gasteiger partial charge in [-0.05, 0) is 59.3 Å². The molecular formula is C31H20ClFN6O12S3. The minimum atomic E-state index is -1.12. The molecule has 0 atom stereocenters. The summed E-state index contributed by atoms with van der Waals surface area (Å²) >= 11 is 7.73. The molecule has 0 saturated heterocycles. The van der Waals surface area contributed by atoms with E-state index in [0.29, 0.717) is 57.2 Å². The van der Waals surface area contributed by atoms with Gasteiger partial charge in [-0.2, -0.15) is 14.4 Å². The van der Waals surface area contributed by atoms with E-state index in [9.17, 15) is 19.4 Å². The molecule has 0 aliphatic rings. The number of anilines is 3. The van der Waals surface area contributed by atoms with Crippen LogP contribution in [0, 0.1) is 5.95 Å². The number of phenolic OH excluding ortho intramolecular Hbond substituents is 2. The van der Waals surface area contributed by atoms with Crippen molar-refractivity contribution in [1.82, 2.24) is 9.97 Å². The molecule has 6 aromatic rings. The fourth-order valence-corrected chi connectivity index (χ4v) is 6.33. The first-order chi connectivity index (χ1) is 26.2. The van der Waals surface area contributed by atoms with E-state index in [1.54, 1.807) is 60.7 Å². The zero-order valence-corrected chi connectivity index (χ0v) is 29.6. The standard InChI is InChI=1S/C31H20ClFN6O12S3/c32-23-28(33)35-31(37-30(42)14-4-2-1-3-5-14)36-29(23)34-17-7-6-15-11-21(53-50-47-44)25(26(40)20(15)13-17)39-38-24-19-9-8-18(52-49-46-43)10-16(19)12-22(27(24)41)54-51-48-45/h1-13,40-41,43-45H,(H2,34,35,36,37,42). The van der Waals surface area contributed by atoms with E-state index >= 15 is 0 Å². The Balaban J connectivity index is 1.39. The fraction of sp³-hybridized carbons (Fsp3) is 0. The second-order valence-electron chi connectivity index (χ2n) is 10.3. The third-order valence-corrected chi connectivity index (χ3v) is 9.28. The number of aromatic nitrogens is 2. The number of phenols is 2. The largest absolute Gasteiger partial charge is 0.505 e. The molecule has 1 heterocycles. The highest BCUT2D eigenvalue weighted by molar-refractivity contribution is 7.95. The maximum absolute atomic E-state index is 14.8. The zero-order valence-electron chi connectivity index (χ0n) is 26.4. The van der Waals surface area contributed by atoms with Crippen LogP contribution >= 0.6 is 47.7 Å². The van der Waals surface area contributed by atoms with E-state index in [1.165, 1.54) is 18.2 Å². The second kappa shape index (κ2) is 17.9. The topological polar surface area (TPSA) is 248 Å². The summed E-state index contributed by atoms with van der Waals surface area (Å²) < 4.78 is 28.4. The van der Waals surface area contributed by atoms with E-state index in [4.69, 9.17) is 27.4 Å². The van der Waals surface area contributed by atoms with Gasteiger partial charge in [-0.15, -0.1) is 23.2 Å². The van der Waals surface area contributed by atoms with Crippen molar-refractivity contribution in [1.29, 1.82) is 0 Å². The van der Waals surface area contributed by atoms with Gasteiger partial charge in [0.1, 0.15) is 16.4 Å². The van der Waals surface area contributed by atoms with Gasteiger partial charge in [-0.25, -0.2) is 15.8 Å². The number of nitrogens with zero attached hydrogens (tertiary/aromatic N) is 4. The smallest absolute Gasteiger partial charge is 0.258 e. The molecule has 5 aromatic carbocycles. The summed E-state index contributed by atoms with van der Waals surface area (Å²) in [5.41, 5.74) is 0.180. The molecule has 6 rings (SSSR count). The van der Waals surface area contributed by atoms with Gasteiger partial charge in [0.25, 0.3) is 5.91 Å². The fourth-order valence-electron chi connectivity index (χ4n) is 4.84. The van der Waals surface area contributed by atoms with Crippen LogP contribution in [0.4, 0.5) is 33.2 Å². The number of azo groups is 1. The van der Waals surface area contributed by atoms with Crippen LogP contribution in [0.25, 0.3) is 21.5 Å². The van der Waals surface area contributed by atoms with Crippen molar-refractivity contribution < 1.29 is 63.3 Å². The number of hydrogen-bond acceptors (Lipinski definition) is 20. The average Bonchev–Trinajstić information content (AvgIpc) is 3.18. The molecule has 54 heavy (non-hydrogen) atoms. The Morgan fingerprint density at radius 3 is 2.17 bits per heavy atom. The molecule has 278 valence electrons. The molecule has 1 amide bonds. The third-order valence-electron chi connectivity index (χ3n) is 7.13. The SMILES string of the molecule is O=C(Nc1nc(F)c(Cl)c(Nc2ccc3cc(SOOO)c(N=Nc4c(O)c(SOOO)cc5cc(SOOO)ccc45)c(O)c3c2)n1)c1ccccc1. The third kappa shape index (κ3) is 8.88. The molecule has 1 aromatic heterocycles. The molecule has 0 unspecified atom stereocenters. The van der Waals surface area contributed by atoms with Gasteiger partial charge in [0.15, 0.2) is 17.3 Å². The Morgan fingerprint density at radius 1 is 0.741 bits per heavy atom. The van der Waals surface area contributed by atoms with E-state index in [1.807, 2.05) is 0 Å². The maximum Gasteiger partial charge on any atom is 0.258 e. The summed E-state index contributed by atoms with van der Waals surface area (Å²) in [7, 11) is 0. The number of benzene rings is 5. The summed E-state index contributed by atoms with van der Waals surface area (Å²) in [6.07, 6.45) is 0. The lowest BCUT2D eigenvalue weighted by molar-refractivity contribution is -0.432. The summed E-state index contributed by atoms with van der Waals surface area (Å²) in [6, 6.07) is 20.3. The minimum absolute atomic E-state index is 0.0136. The van der Waals surface area contributed by atoms with Crippen LogP contribution in [0.1, 0.15) is 10.4 Å². The number of halogens is 2. The summed E-state index contributed by atoms with van der Waals surface area (Å²) in [4.78, 5) is 20.9. The molecule has 0 radical (unpaired) electrons. The zero-order chi connectivity index (χ0) is 38.2. The molecule has 0 spiro atoms. The highest BCUT2D eigenvalue weighted by atomic mass is 35.5. The molecule has 7 N–H and O–H groups in total. The molecule has 0 bridgehead atoms. The van der Waals surface area contributed by atoms with Gasteiger partial charge in [0.05, 0.1) is 45.9 Å². The van der Waals surface area contributed by atoms with E-state index in [-0.39, 0.29) is 49.6 Å². The number of rotatable bonds is 15. The Hall–Kier alpha value is -4.92. The van der Waals surface area contributed by atoms with E-state index in [2.05, 4.69) is 58.9 Å². The predicted octanol–water partition coefficient (Wildman–Crippen LogP) is 9.68. The van der Waals surface area contributed by atoms with Gasteiger partial charge < -0.3 is 15.5 Å². The van der Waals surface area contributed by atoms with Gasteiger partial charge in [0.2, 0.25) is 11.9 Å². The van der Waals surface area contributed by atoms with Crippen LogP contribution in [0.2, 0.25) is 5.02 Å². The van der Waals surface area contributed by atoms with E-state index < -0.39 is 28.4 Å². The van der Waals surface area contributed by atoms with E-state index in [0.717, 1.165) is 0 Å². The maximum atomic E-state index is 14.8. The van der Waals surface area contributed by atoms with Crippen molar-refractivity contribution in [3.63, 3.8) is 0 Å². The summed E-state index contributed by atoms with van der Waals surface area (Å²) in [5, 5.41) is 74.3. The Labute approximate surface area is 318 Å². The molecule has 0 fully saturated rings. The van der Waals surface area contributed by atoms with Crippen molar-refractivity contribution in [2.45, 2.75) is 14.7 Å². The van der Waals surface area contributed by atoms with Crippen molar-refractivity contribution in [3.05, 3.63) is 95.4 Å². The van der Waals surface area contributed by atoms with Crippen LogP contribution < -0.4 is 10.6 Å².